The summed E-state index contributed by atoms with van der Waals surface area (Å²) in [5.41, 5.74) is 1.99. The van der Waals surface area contributed by atoms with Gasteiger partial charge in [0.1, 0.15) is 0 Å². The van der Waals surface area contributed by atoms with E-state index in [-0.39, 0.29) is 0 Å². The van der Waals surface area contributed by atoms with Crippen molar-refractivity contribution in [3.63, 3.8) is 0 Å². The van der Waals surface area contributed by atoms with Crippen LogP contribution >= 0.6 is 0 Å². The number of benzene rings is 1. The van der Waals surface area contributed by atoms with Crippen molar-refractivity contribution >= 4 is 17.0 Å². The van der Waals surface area contributed by atoms with Crippen molar-refractivity contribution in [3.8, 4) is 0 Å². The third kappa shape index (κ3) is 13.3. The van der Waals surface area contributed by atoms with Crippen LogP contribution in [0.15, 0.2) is 24.3 Å². The lowest BCUT2D eigenvalue weighted by atomic mass is 10.0. The maximum absolute atomic E-state index is 10.7. The number of hydrogen-bond acceptors (Lipinski definition) is 1. The SMILES string of the molecule is CCCCCCCCCCCCCCCCc1ccc(NS(=O)O)cc1. The first kappa shape index (κ1) is 23.2. The summed E-state index contributed by atoms with van der Waals surface area (Å²) >= 11 is -1.99. The monoisotopic (exact) mass is 381 g/mol. The molecule has 0 heterocycles. The van der Waals surface area contributed by atoms with Gasteiger partial charge in [-0.15, -0.1) is 0 Å². The average molecular weight is 382 g/mol. The summed E-state index contributed by atoms with van der Waals surface area (Å²) in [5, 5.41) is 0. The normalized spacial score (nSPS) is 12.2. The van der Waals surface area contributed by atoms with Gasteiger partial charge < -0.3 is 0 Å². The maximum atomic E-state index is 10.7. The number of nitrogens with one attached hydrogen (secondary N) is 1. The highest BCUT2D eigenvalue weighted by atomic mass is 32.2. The Morgan fingerprint density at radius 2 is 1.15 bits per heavy atom. The Kier molecular flexibility index (Phi) is 14.5. The number of aryl methyl sites for hydroxylation is 1. The smallest absolute Gasteiger partial charge is 0.259 e. The summed E-state index contributed by atoms with van der Waals surface area (Å²) < 4.78 is 21.9. The molecular weight excluding hydrogens is 342 g/mol. The molecule has 0 aliphatic heterocycles. The molecule has 3 nitrogen and oxygen atoms in total. The van der Waals surface area contributed by atoms with Gasteiger partial charge in [-0.1, -0.05) is 103 Å². The van der Waals surface area contributed by atoms with Gasteiger partial charge in [0.2, 0.25) is 0 Å². The molecule has 1 unspecified atom stereocenters. The van der Waals surface area contributed by atoms with Crippen LogP contribution in [-0.4, -0.2) is 8.76 Å². The standard InChI is InChI=1S/C22H39NO2S/c1-2-3-4-5-6-7-8-9-10-11-12-13-14-15-16-21-17-19-22(20-18-21)23-26(24)25/h17-20,23H,2-16H2,1H3,(H,24,25). The zero-order valence-electron chi connectivity index (χ0n) is 16.7. The largest absolute Gasteiger partial charge is 0.289 e. The molecule has 4 heteroatoms. The fourth-order valence-corrected chi connectivity index (χ4v) is 3.70. The lowest BCUT2D eigenvalue weighted by Gasteiger charge is -2.05. The van der Waals surface area contributed by atoms with Crippen LogP contribution in [0.4, 0.5) is 5.69 Å². The summed E-state index contributed by atoms with van der Waals surface area (Å²) in [5.74, 6) is 0. The first-order valence-electron chi connectivity index (χ1n) is 10.7. The molecule has 0 bridgehead atoms. The van der Waals surface area contributed by atoms with Gasteiger partial charge in [-0.3, -0.25) is 9.27 Å². The average Bonchev–Trinajstić information content (AvgIpc) is 2.63. The summed E-state index contributed by atoms with van der Waals surface area (Å²) in [6.07, 6.45) is 20.5. The molecule has 0 aromatic heterocycles. The van der Waals surface area contributed by atoms with Crippen molar-refractivity contribution in [2.45, 2.75) is 103 Å². The van der Waals surface area contributed by atoms with E-state index in [1.165, 1.54) is 95.5 Å². The van der Waals surface area contributed by atoms with Crippen molar-refractivity contribution in [1.82, 2.24) is 0 Å². The van der Waals surface area contributed by atoms with Gasteiger partial charge in [-0.25, -0.2) is 4.21 Å². The second kappa shape index (κ2) is 16.3. The van der Waals surface area contributed by atoms with Crippen molar-refractivity contribution in [1.29, 1.82) is 0 Å². The van der Waals surface area contributed by atoms with Gasteiger partial charge in [0, 0.05) is 5.69 Å². The van der Waals surface area contributed by atoms with Gasteiger partial charge in [-0.2, -0.15) is 0 Å². The van der Waals surface area contributed by atoms with E-state index in [4.69, 9.17) is 4.55 Å². The molecule has 0 amide bonds. The molecule has 0 saturated carbocycles. The van der Waals surface area contributed by atoms with Crippen LogP contribution in [0.5, 0.6) is 0 Å². The summed E-state index contributed by atoms with van der Waals surface area (Å²) in [7, 11) is 0. The Hall–Kier alpha value is -0.870. The molecule has 1 aromatic carbocycles. The Labute approximate surface area is 163 Å². The lowest BCUT2D eigenvalue weighted by Crippen LogP contribution is -2.01. The zero-order valence-corrected chi connectivity index (χ0v) is 17.5. The molecule has 0 radical (unpaired) electrons. The Morgan fingerprint density at radius 1 is 0.731 bits per heavy atom. The van der Waals surface area contributed by atoms with E-state index in [0.29, 0.717) is 5.69 Å². The quantitative estimate of drug-likeness (QED) is 0.220. The van der Waals surface area contributed by atoms with Crippen LogP contribution in [0, 0.1) is 0 Å². The van der Waals surface area contributed by atoms with Gasteiger partial charge in [0.05, 0.1) is 0 Å². The fourth-order valence-electron chi connectivity index (χ4n) is 3.36. The van der Waals surface area contributed by atoms with Crippen LogP contribution in [0.25, 0.3) is 0 Å². The van der Waals surface area contributed by atoms with Crippen molar-refractivity contribution in [3.05, 3.63) is 29.8 Å². The third-order valence-corrected chi connectivity index (χ3v) is 5.39. The highest BCUT2D eigenvalue weighted by molar-refractivity contribution is 7.80. The van der Waals surface area contributed by atoms with Gasteiger partial charge in [-0.05, 0) is 30.5 Å². The molecule has 150 valence electrons. The number of hydrogen-bond donors (Lipinski definition) is 2. The number of unbranched alkanes of at least 4 members (excludes halogenated alkanes) is 13. The van der Waals surface area contributed by atoms with Crippen LogP contribution in [-0.2, 0) is 17.7 Å². The molecule has 0 aliphatic rings. The first-order valence-corrected chi connectivity index (χ1v) is 11.8. The molecule has 0 fully saturated rings. The maximum Gasteiger partial charge on any atom is 0.259 e. The number of anilines is 1. The van der Waals surface area contributed by atoms with Crippen molar-refractivity contribution < 1.29 is 8.76 Å². The predicted octanol–water partition coefficient (Wildman–Crippen LogP) is 7.26. The lowest BCUT2D eigenvalue weighted by molar-refractivity contribution is 0.535. The van der Waals surface area contributed by atoms with Gasteiger partial charge >= 0.3 is 0 Å². The number of rotatable bonds is 17. The molecule has 0 aliphatic carbocycles. The zero-order chi connectivity index (χ0) is 18.9. The van der Waals surface area contributed by atoms with Gasteiger partial charge in [0.15, 0.2) is 0 Å². The van der Waals surface area contributed by atoms with E-state index in [9.17, 15) is 4.21 Å². The molecule has 26 heavy (non-hydrogen) atoms. The van der Waals surface area contributed by atoms with E-state index in [2.05, 4.69) is 11.6 Å². The highest BCUT2D eigenvalue weighted by Crippen LogP contribution is 2.15. The fraction of sp³-hybridized carbons (Fsp3) is 0.727. The van der Waals surface area contributed by atoms with E-state index in [0.717, 1.165) is 6.42 Å². The molecule has 2 N–H and O–H groups in total. The van der Waals surface area contributed by atoms with Crippen molar-refractivity contribution in [2.75, 3.05) is 4.72 Å². The second-order valence-corrected chi connectivity index (χ2v) is 8.10. The minimum absolute atomic E-state index is 0.690. The summed E-state index contributed by atoms with van der Waals surface area (Å²) in [4.78, 5) is 0. The summed E-state index contributed by atoms with van der Waals surface area (Å²) in [6.45, 7) is 2.28. The Morgan fingerprint density at radius 3 is 1.58 bits per heavy atom. The highest BCUT2D eigenvalue weighted by Gasteiger charge is 1.98. The van der Waals surface area contributed by atoms with E-state index in [1.807, 2.05) is 24.3 Å². The van der Waals surface area contributed by atoms with Crippen LogP contribution < -0.4 is 4.72 Å². The van der Waals surface area contributed by atoms with E-state index in [1.54, 1.807) is 0 Å². The third-order valence-electron chi connectivity index (χ3n) is 4.98. The van der Waals surface area contributed by atoms with Crippen molar-refractivity contribution in [2.24, 2.45) is 0 Å². The van der Waals surface area contributed by atoms with Crippen LogP contribution in [0.3, 0.4) is 0 Å². The molecular formula is C22H39NO2S. The molecule has 1 aromatic rings. The minimum Gasteiger partial charge on any atom is -0.289 e. The molecule has 0 saturated heterocycles. The molecule has 0 spiro atoms. The van der Waals surface area contributed by atoms with E-state index >= 15 is 0 Å². The molecule has 1 rings (SSSR count). The second-order valence-electron chi connectivity index (χ2n) is 7.39. The first-order chi connectivity index (χ1) is 12.7. The Bertz CT molecular complexity index is 462. The predicted molar refractivity (Wildman–Crippen MR) is 115 cm³/mol. The topological polar surface area (TPSA) is 49.3 Å². The summed E-state index contributed by atoms with van der Waals surface area (Å²) in [6, 6.07) is 7.81. The van der Waals surface area contributed by atoms with Crippen LogP contribution in [0.2, 0.25) is 0 Å². The molecule has 1 atom stereocenters. The van der Waals surface area contributed by atoms with Gasteiger partial charge in [0.25, 0.3) is 11.3 Å². The minimum atomic E-state index is -1.99. The van der Waals surface area contributed by atoms with Crippen LogP contribution in [0.1, 0.15) is 102 Å². The van der Waals surface area contributed by atoms with E-state index < -0.39 is 11.3 Å². The Balaban J connectivity index is 1.87.